The smallest absolute Gasteiger partial charge is 0.475 e. The van der Waals surface area contributed by atoms with Gasteiger partial charge in [-0.15, -0.1) is 0 Å². The third-order valence-electron chi connectivity index (χ3n) is 5.66. The number of amides is 2. The van der Waals surface area contributed by atoms with Crippen LogP contribution in [0.2, 0.25) is 0 Å². The highest BCUT2D eigenvalue weighted by Gasteiger charge is 2.41. The predicted molar refractivity (Wildman–Crippen MR) is 113 cm³/mol. The van der Waals surface area contributed by atoms with Crippen LogP contribution >= 0.6 is 0 Å². The lowest BCUT2D eigenvalue weighted by Gasteiger charge is -2.23. The molecule has 1 aromatic heterocycles. The molecule has 36 heavy (non-hydrogen) atoms. The molecule has 2 aliphatic rings. The Hall–Kier alpha value is -3.55. The molecule has 0 aliphatic carbocycles. The summed E-state index contributed by atoms with van der Waals surface area (Å²) < 4.78 is 65.3. The number of aliphatic carboxylic acids is 1. The third kappa shape index (κ3) is 6.36. The van der Waals surface area contributed by atoms with Crippen LogP contribution in [0.5, 0.6) is 0 Å². The van der Waals surface area contributed by atoms with Crippen molar-refractivity contribution in [1.82, 2.24) is 19.6 Å². The molecule has 4 rings (SSSR count). The van der Waals surface area contributed by atoms with Crippen LogP contribution in [0.4, 0.5) is 22.0 Å². The minimum absolute atomic E-state index is 0.0687. The van der Waals surface area contributed by atoms with Crippen molar-refractivity contribution in [2.75, 3.05) is 32.8 Å². The number of ether oxygens (including phenoxy) is 1. The second-order valence-electron chi connectivity index (χ2n) is 8.20. The van der Waals surface area contributed by atoms with Crippen LogP contribution in [-0.2, 0) is 16.6 Å². The highest BCUT2D eigenvalue weighted by Crippen LogP contribution is 2.28. The van der Waals surface area contributed by atoms with Gasteiger partial charge in [0.05, 0.1) is 18.3 Å². The molecule has 0 saturated carbocycles. The molecule has 2 aromatic rings. The Morgan fingerprint density at radius 3 is 2.25 bits per heavy atom. The number of likely N-dealkylation sites (tertiary alicyclic amines) is 1. The van der Waals surface area contributed by atoms with Gasteiger partial charge in [0.1, 0.15) is 5.69 Å². The molecule has 2 saturated heterocycles. The number of carboxylic acids is 1. The number of halogens is 5. The topological polar surface area (TPSA) is 105 Å². The van der Waals surface area contributed by atoms with Gasteiger partial charge in [-0.1, -0.05) is 18.2 Å². The number of benzene rings is 1. The summed E-state index contributed by atoms with van der Waals surface area (Å²) in [6.45, 7) is 1.97. The van der Waals surface area contributed by atoms with Gasteiger partial charge in [-0.2, -0.15) is 18.3 Å². The zero-order chi connectivity index (χ0) is 26.6. The number of hydrogen-bond acceptors (Lipinski definition) is 5. The molecular formula is C22H23F5N4O5. The Morgan fingerprint density at radius 2 is 1.67 bits per heavy atom. The molecule has 14 heteroatoms. The zero-order valence-electron chi connectivity index (χ0n) is 19.0. The summed E-state index contributed by atoms with van der Waals surface area (Å²) in [5.41, 5.74) is 0.0105. The fourth-order valence-electron chi connectivity index (χ4n) is 4.01. The summed E-state index contributed by atoms with van der Waals surface area (Å²) in [7, 11) is 1.51. The Labute approximate surface area is 202 Å². The van der Waals surface area contributed by atoms with E-state index >= 15 is 0 Å². The molecule has 3 heterocycles. The van der Waals surface area contributed by atoms with E-state index in [0.29, 0.717) is 38.3 Å². The molecule has 9 nitrogen and oxygen atoms in total. The van der Waals surface area contributed by atoms with E-state index in [0.717, 1.165) is 0 Å². The number of aryl methyl sites for hydroxylation is 1. The lowest BCUT2D eigenvalue weighted by molar-refractivity contribution is -0.192. The standard InChI is InChI=1S/C20H22F2N4O3.C2HF3O2/c1-24-11-15(17(23-24)18(21)22)20(28)26-10-14-9-25(7-8-29-16(14)12-26)19(27)13-5-3-2-4-6-13;3-2(4,5)1(6)7/h2-6,11,14,16,18H,7-10,12H2,1H3;(H,6,7)/t14-,16+;/m0./s1. The number of alkyl halides is 5. The average molecular weight is 518 g/mol. The van der Waals surface area contributed by atoms with Gasteiger partial charge in [-0.25, -0.2) is 13.6 Å². The number of hydrogen-bond donors (Lipinski definition) is 1. The van der Waals surface area contributed by atoms with E-state index in [2.05, 4.69) is 5.10 Å². The van der Waals surface area contributed by atoms with Crippen LogP contribution in [-0.4, -0.2) is 87.5 Å². The van der Waals surface area contributed by atoms with E-state index in [1.54, 1.807) is 17.0 Å². The van der Waals surface area contributed by atoms with Crippen molar-refractivity contribution >= 4 is 17.8 Å². The lowest BCUT2D eigenvalue weighted by Crippen LogP contribution is -2.38. The normalized spacial score (nSPS) is 19.9. The highest BCUT2D eigenvalue weighted by atomic mass is 19.4. The van der Waals surface area contributed by atoms with E-state index < -0.39 is 30.2 Å². The second-order valence-corrected chi connectivity index (χ2v) is 8.20. The molecule has 0 bridgehead atoms. The van der Waals surface area contributed by atoms with Crippen molar-refractivity contribution in [3.8, 4) is 0 Å². The Kier molecular flexibility index (Phi) is 8.28. The molecule has 0 radical (unpaired) electrons. The van der Waals surface area contributed by atoms with Crippen molar-refractivity contribution < 1.29 is 46.2 Å². The number of carboxylic acid groups (broad SMARTS) is 1. The number of carbonyl (C=O) groups excluding carboxylic acids is 2. The van der Waals surface area contributed by atoms with Gasteiger partial charge in [0.15, 0.2) is 0 Å². The van der Waals surface area contributed by atoms with Gasteiger partial charge < -0.3 is 19.6 Å². The Balaban J connectivity index is 0.000000454. The Bertz CT molecular complexity index is 1090. The van der Waals surface area contributed by atoms with Gasteiger partial charge in [0.25, 0.3) is 18.2 Å². The first-order valence-corrected chi connectivity index (χ1v) is 10.8. The van der Waals surface area contributed by atoms with E-state index in [1.807, 2.05) is 18.2 Å². The fourth-order valence-corrected chi connectivity index (χ4v) is 4.01. The van der Waals surface area contributed by atoms with Crippen molar-refractivity contribution in [3.05, 3.63) is 53.3 Å². The van der Waals surface area contributed by atoms with Gasteiger partial charge in [0.2, 0.25) is 0 Å². The van der Waals surface area contributed by atoms with Crippen LogP contribution in [0.1, 0.15) is 32.8 Å². The van der Waals surface area contributed by atoms with E-state index in [4.69, 9.17) is 14.6 Å². The number of aromatic nitrogens is 2. The van der Waals surface area contributed by atoms with Crippen molar-refractivity contribution in [2.45, 2.75) is 18.7 Å². The highest BCUT2D eigenvalue weighted by molar-refractivity contribution is 5.96. The first-order valence-electron chi connectivity index (χ1n) is 10.8. The van der Waals surface area contributed by atoms with Crippen LogP contribution in [0.25, 0.3) is 0 Å². The molecule has 1 N–H and O–H groups in total. The second kappa shape index (κ2) is 11.0. The molecule has 2 fully saturated rings. The summed E-state index contributed by atoms with van der Waals surface area (Å²) in [5.74, 6) is -3.38. The minimum atomic E-state index is -5.08. The maximum Gasteiger partial charge on any atom is 0.490 e. The molecule has 2 amide bonds. The SMILES string of the molecule is Cn1cc(C(=O)N2C[C@@H]3CN(C(=O)c4ccccc4)CCO[C@@H]3C2)c(C(F)F)n1.O=C(O)C(F)(F)F. The number of rotatable bonds is 3. The minimum Gasteiger partial charge on any atom is -0.475 e. The van der Waals surface area contributed by atoms with Gasteiger partial charge in [-0.05, 0) is 12.1 Å². The number of carbonyl (C=O) groups is 3. The van der Waals surface area contributed by atoms with Crippen LogP contribution in [0, 0.1) is 5.92 Å². The maximum absolute atomic E-state index is 13.2. The lowest BCUT2D eigenvalue weighted by atomic mass is 10.1. The van der Waals surface area contributed by atoms with Crippen molar-refractivity contribution in [1.29, 1.82) is 0 Å². The zero-order valence-corrected chi connectivity index (χ0v) is 19.0. The third-order valence-corrected chi connectivity index (χ3v) is 5.66. The number of fused-ring (bicyclic) bond motifs is 1. The summed E-state index contributed by atoms with van der Waals surface area (Å²) in [5, 5.41) is 10.8. The van der Waals surface area contributed by atoms with E-state index in [-0.39, 0.29) is 23.5 Å². The molecule has 2 atom stereocenters. The Morgan fingerprint density at radius 1 is 1.06 bits per heavy atom. The largest absolute Gasteiger partial charge is 0.490 e. The number of nitrogens with zero attached hydrogens (tertiary/aromatic N) is 4. The summed E-state index contributed by atoms with van der Waals surface area (Å²) in [6.07, 6.45) is -6.80. The monoisotopic (exact) mass is 518 g/mol. The van der Waals surface area contributed by atoms with Crippen LogP contribution in [0.15, 0.2) is 36.5 Å². The molecule has 1 aromatic carbocycles. The van der Waals surface area contributed by atoms with Crippen molar-refractivity contribution in [2.24, 2.45) is 13.0 Å². The first kappa shape index (κ1) is 27.0. The van der Waals surface area contributed by atoms with E-state index in [9.17, 15) is 31.5 Å². The van der Waals surface area contributed by atoms with Gasteiger partial charge in [0, 0.05) is 50.9 Å². The average Bonchev–Trinajstić information content (AvgIpc) is 3.35. The van der Waals surface area contributed by atoms with Crippen molar-refractivity contribution in [3.63, 3.8) is 0 Å². The first-order chi connectivity index (χ1) is 16.9. The molecule has 0 spiro atoms. The summed E-state index contributed by atoms with van der Waals surface area (Å²) in [4.78, 5) is 37.8. The molecule has 196 valence electrons. The van der Waals surface area contributed by atoms with Crippen LogP contribution in [0.3, 0.4) is 0 Å². The quantitative estimate of drug-likeness (QED) is 0.627. The predicted octanol–water partition coefficient (Wildman–Crippen LogP) is 2.60. The van der Waals surface area contributed by atoms with Crippen LogP contribution < -0.4 is 0 Å². The van der Waals surface area contributed by atoms with Gasteiger partial charge >= 0.3 is 12.1 Å². The van der Waals surface area contributed by atoms with E-state index in [1.165, 1.54) is 22.8 Å². The molecule has 0 unspecified atom stereocenters. The summed E-state index contributed by atoms with van der Waals surface area (Å²) in [6, 6.07) is 9.02. The van der Waals surface area contributed by atoms with Gasteiger partial charge in [-0.3, -0.25) is 14.3 Å². The summed E-state index contributed by atoms with van der Waals surface area (Å²) >= 11 is 0. The molecular weight excluding hydrogens is 495 g/mol. The fraction of sp³-hybridized carbons (Fsp3) is 0.455. The molecule has 2 aliphatic heterocycles. The maximum atomic E-state index is 13.2.